The molecule has 2 rings (SSSR count). The van der Waals surface area contributed by atoms with Gasteiger partial charge in [-0.15, -0.1) is 0 Å². The van der Waals surface area contributed by atoms with Gasteiger partial charge in [-0.25, -0.2) is 0 Å². The molecule has 0 aliphatic carbocycles. The summed E-state index contributed by atoms with van der Waals surface area (Å²) in [6, 6.07) is 8.96. The highest BCUT2D eigenvalue weighted by molar-refractivity contribution is 6.83. The highest BCUT2D eigenvalue weighted by Gasteiger charge is 2.46. The van der Waals surface area contributed by atoms with Crippen molar-refractivity contribution < 1.29 is 23.2 Å². The van der Waals surface area contributed by atoms with Gasteiger partial charge in [-0.05, 0) is 0 Å². The summed E-state index contributed by atoms with van der Waals surface area (Å²) in [5.74, 6) is -0.726. The molecule has 0 aromatic heterocycles. The standard InChI is InChI=1S/C14H19NO5Si/c1-11(16)19-21(10-15,13-5-3-2-4-6-13)20-14(17)7-12-8-18-9-12/h2-6,12H,7-10,15H2,1H3. The average Bonchev–Trinajstić information content (AvgIpc) is 2.42. The smallest absolute Gasteiger partial charge is 0.481 e. The zero-order chi connectivity index (χ0) is 15.3. The second kappa shape index (κ2) is 6.84. The van der Waals surface area contributed by atoms with Crippen molar-refractivity contribution in [3.63, 3.8) is 0 Å². The first kappa shape index (κ1) is 15.7. The minimum absolute atomic E-state index is 0.0104. The third-order valence-electron chi connectivity index (χ3n) is 3.23. The van der Waals surface area contributed by atoms with Crippen molar-refractivity contribution >= 4 is 25.7 Å². The van der Waals surface area contributed by atoms with E-state index in [-0.39, 0.29) is 18.5 Å². The van der Waals surface area contributed by atoms with Gasteiger partial charge < -0.3 is 19.3 Å². The van der Waals surface area contributed by atoms with Gasteiger partial charge in [-0.2, -0.15) is 0 Å². The van der Waals surface area contributed by atoms with Crippen LogP contribution in [-0.2, 0) is 23.2 Å². The SMILES string of the molecule is CC(=O)O[Si](CN)(OC(=O)CC1COC1)c1ccccc1. The van der Waals surface area contributed by atoms with Crippen molar-refractivity contribution in [2.75, 3.05) is 19.4 Å². The zero-order valence-electron chi connectivity index (χ0n) is 11.9. The van der Waals surface area contributed by atoms with Crippen molar-refractivity contribution in [2.45, 2.75) is 13.3 Å². The van der Waals surface area contributed by atoms with Gasteiger partial charge in [0, 0.05) is 18.0 Å². The highest BCUT2D eigenvalue weighted by Crippen LogP contribution is 2.17. The molecule has 1 heterocycles. The van der Waals surface area contributed by atoms with Crippen LogP contribution in [0.1, 0.15) is 13.3 Å². The van der Waals surface area contributed by atoms with Gasteiger partial charge in [0.05, 0.1) is 25.8 Å². The lowest BCUT2D eigenvalue weighted by Crippen LogP contribution is -2.61. The van der Waals surface area contributed by atoms with Crippen LogP contribution in [0.3, 0.4) is 0 Å². The van der Waals surface area contributed by atoms with E-state index >= 15 is 0 Å². The molecule has 0 spiro atoms. The number of hydrogen-bond donors (Lipinski definition) is 1. The molecule has 114 valence electrons. The average molecular weight is 309 g/mol. The van der Waals surface area contributed by atoms with Crippen molar-refractivity contribution in [3.05, 3.63) is 30.3 Å². The van der Waals surface area contributed by atoms with Crippen LogP contribution in [0, 0.1) is 5.92 Å². The highest BCUT2D eigenvalue weighted by atomic mass is 28.4. The number of carbonyl (C=O) groups is 2. The van der Waals surface area contributed by atoms with Gasteiger partial charge >= 0.3 is 8.56 Å². The molecule has 0 amide bonds. The summed E-state index contributed by atoms with van der Waals surface area (Å²) in [5, 5.41) is 0.668. The van der Waals surface area contributed by atoms with Gasteiger partial charge in [-0.3, -0.25) is 9.59 Å². The molecule has 21 heavy (non-hydrogen) atoms. The lowest BCUT2D eigenvalue weighted by atomic mass is 10.1. The fourth-order valence-corrected chi connectivity index (χ4v) is 4.42. The molecule has 1 aromatic rings. The minimum atomic E-state index is -3.29. The Labute approximate surface area is 124 Å². The van der Waals surface area contributed by atoms with Crippen LogP contribution in [0.4, 0.5) is 0 Å². The van der Waals surface area contributed by atoms with E-state index in [0.29, 0.717) is 18.4 Å². The van der Waals surface area contributed by atoms with Crippen molar-refractivity contribution in [3.8, 4) is 0 Å². The lowest BCUT2D eigenvalue weighted by molar-refractivity contribution is -0.144. The van der Waals surface area contributed by atoms with Gasteiger partial charge in [0.15, 0.2) is 0 Å². The summed E-state index contributed by atoms with van der Waals surface area (Å²) in [6.45, 7) is 2.41. The van der Waals surface area contributed by atoms with Crippen molar-refractivity contribution in [2.24, 2.45) is 11.7 Å². The first-order chi connectivity index (χ1) is 10.1. The second-order valence-corrected chi connectivity index (χ2v) is 7.90. The Bertz CT molecular complexity index is 505. The molecule has 1 atom stereocenters. The molecule has 1 fully saturated rings. The Hall–Kier alpha value is -1.70. The van der Waals surface area contributed by atoms with E-state index in [0.717, 1.165) is 0 Å². The number of nitrogens with two attached hydrogens (primary N) is 1. The Morgan fingerprint density at radius 3 is 2.43 bits per heavy atom. The van der Waals surface area contributed by atoms with Crippen LogP contribution in [0.25, 0.3) is 0 Å². The first-order valence-corrected chi connectivity index (χ1v) is 8.83. The molecular formula is C14H19NO5Si. The van der Waals surface area contributed by atoms with Crippen LogP contribution >= 0.6 is 0 Å². The summed E-state index contributed by atoms with van der Waals surface area (Å²) in [7, 11) is -3.29. The minimum Gasteiger partial charge on any atom is -0.481 e. The fraction of sp³-hybridized carbons (Fsp3) is 0.429. The van der Waals surface area contributed by atoms with Gasteiger partial charge in [0.25, 0.3) is 11.9 Å². The Morgan fingerprint density at radius 2 is 1.95 bits per heavy atom. The van der Waals surface area contributed by atoms with Crippen LogP contribution in [0.2, 0.25) is 0 Å². The molecule has 1 aliphatic heterocycles. The maximum atomic E-state index is 12.1. The molecule has 7 heteroatoms. The van der Waals surface area contributed by atoms with Crippen molar-refractivity contribution in [1.82, 2.24) is 0 Å². The molecule has 0 saturated carbocycles. The molecule has 0 radical (unpaired) electrons. The Morgan fingerprint density at radius 1 is 1.29 bits per heavy atom. The monoisotopic (exact) mass is 309 g/mol. The number of benzene rings is 1. The van der Waals surface area contributed by atoms with Crippen LogP contribution in [0.15, 0.2) is 30.3 Å². The van der Waals surface area contributed by atoms with E-state index in [1.165, 1.54) is 6.92 Å². The second-order valence-electron chi connectivity index (χ2n) is 5.00. The number of carbonyl (C=O) groups excluding carboxylic acids is 2. The molecule has 1 saturated heterocycles. The van der Waals surface area contributed by atoms with Gasteiger partial charge in [-0.1, -0.05) is 30.3 Å². The Balaban J connectivity index is 2.17. The molecule has 0 bridgehead atoms. The first-order valence-electron chi connectivity index (χ1n) is 6.80. The summed E-state index contributed by atoms with van der Waals surface area (Å²) in [6.07, 6.45) is 0.242. The van der Waals surface area contributed by atoms with E-state index in [4.69, 9.17) is 19.3 Å². The number of ether oxygens (including phenoxy) is 1. The number of hydrogen-bond acceptors (Lipinski definition) is 6. The van der Waals surface area contributed by atoms with E-state index in [2.05, 4.69) is 0 Å². The Kier molecular flexibility index (Phi) is 5.11. The van der Waals surface area contributed by atoms with E-state index < -0.39 is 20.5 Å². The molecule has 1 unspecified atom stereocenters. The summed E-state index contributed by atoms with van der Waals surface area (Å²) in [5.41, 5.74) is 5.80. The maximum absolute atomic E-state index is 12.1. The predicted octanol–water partition coefficient (Wildman–Crippen LogP) is -0.0235. The molecule has 1 aromatic carbocycles. The molecule has 1 aliphatic rings. The molecule has 6 nitrogen and oxygen atoms in total. The van der Waals surface area contributed by atoms with Gasteiger partial charge in [0.2, 0.25) is 0 Å². The normalized spacial score (nSPS) is 17.4. The molecule has 2 N–H and O–H groups in total. The fourth-order valence-electron chi connectivity index (χ4n) is 2.13. The van der Waals surface area contributed by atoms with Crippen LogP contribution in [0.5, 0.6) is 0 Å². The quantitative estimate of drug-likeness (QED) is 0.743. The largest absolute Gasteiger partial charge is 0.513 e. The van der Waals surface area contributed by atoms with Crippen LogP contribution < -0.4 is 10.9 Å². The van der Waals surface area contributed by atoms with E-state index in [9.17, 15) is 9.59 Å². The zero-order valence-corrected chi connectivity index (χ0v) is 12.9. The molecular weight excluding hydrogens is 290 g/mol. The summed E-state index contributed by atoms with van der Waals surface area (Å²) >= 11 is 0. The van der Waals surface area contributed by atoms with Crippen LogP contribution in [-0.4, -0.2) is 39.9 Å². The number of rotatable bonds is 6. The third-order valence-corrected chi connectivity index (χ3v) is 6.16. The van der Waals surface area contributed by atoms with Gasteiger partial charge in [0.1, 0.15) is 0 Å². The van der Waals surface area contributed by atoms with E-state index in [1.54, 1.807) is 24.3 Å². The van der Waals surface area contributed by atoms with Crippen molar-refractivity contribution in [1.29, 1.82) is 0 Å². The third kappa shape index (κ3) is 3.90. The summed E-state index contributed by atoms with van der Waals surface area (Å²) < 4.78 is 16.0. The topological polar surface area (TPSA) is 87.9 Å². The lowest BCUT2D eigenvalue weighted by Gasteiger charge is -2.30. The predicted molar refractivity (Wildman–Crippen MR) is 77.7 cm³/mol. The maximum Gasteiger partial charge on any atom is 0.513 e. The summed E-state index contributed by atoms with van der Waals surface area (Å²) in [4.78, 5) is 23.5. The van der Waals surface area contributed by atoms with E-state index in [1.807, 2.05) is 6.07 Å².